The zero-order chi connectivity index (χ0) is 21.2. The Morgan fingerprint density at radius 3 is 2.55 bits per heavy atom. The van der Waals surface area contributed by atoms with Gasteiger partial charge in [0.25, 0.3) is 0 Å². The van der Waals surface area contributed by atoms with E-state index in [9.17, 15) is 9.50 Å². The van der Waals surface area contributed by atoms with E-state index < -0.39 is 0 Å². The Morgan fingerprint density at radius 1 is 1.06 bits per heavy atom. The van der Waals surface area contributed by atoms with Gasteiger partial charge in [-0.05, 0) is 84.5 Å². The van der Waals surface area contributed by atoms with Crippen molar-refractivity contribution >= 4 is 11.3 Å². The third-order valence-corrected chi connectivity index (χ3v) is 8.65. The number of aliphatic hydroxyl groups excluding tert-OH is 1. The Bertz CT molecular complexity index is 1130. The van der Waals surface area contributed by atoms with Gasteiger partial charge in [0.15, 0.2) is 0 Å². The Balaban J connectivity index is 1.24. The molecule has 3 fully saturated rings. The molecule has 2 nitrogen and oxygen atoms in total. The fourth-order valence-corrected chi connectivity index (χ4v) is 6.34. The van der Waals surface area contributed by atoms with Gasteiger partial charge in [-0.3, -0.25) is 0 Å². The molecule has 4 heteroatoms. The second kappa shape index (κ2) is 6.99. The molecule has 1 unspecified atom stereocenters. The minimum absolute atomic E-state index is 0.0888. The van der Waals surface area contributed by atoms with Crippen molar-refractivity contribution < 1.29 is 14.2 Å². The first-order chi connectivity index (χ1) is 14.9. The van der Waals surface area contributed by atoms with Crippen molar-refractivity contribution in [2.45, 2.75) is 63.3 Å². The highest BCUT2D eigenvalue weighted by Crippen LogP contribution is 2.66. The van der Waals surface area contributed by atoms with Crippen LogP contribution in [0.3, 0.4) is 0 Å². The predicted octanol–water partition coefficient (Wildman–Crippen LogP) is 6.59. The number of benzene rings is 2. The summed E-state index contributed by atoms with van der Waals surface area (Å²) in [6.07, 6.45) is 6.17. The summed E-state index contributed by atoms with van der Waals surface area (Å²) in [5.41, 5.74) is 5.06. The van der Waals surface area contributed by atoms with E-state index in [0.29, 0.717) is 5.41 Å². The lowest BCUT2D eigenvalue weighted by Gasteiger charge is -2.37. The van der Waals surface area contributed by atoms with Crippen LogP contribution in [0.1, 0.15) is 59.8 Å². The average molecular weight is 435 g/mol. The molecule has 2 heterocycles. The maximum atomic E-state index is 13.2. The Hall–Kier alpha value is -2.01. The van der Waals surface area contributed by atoms with E-state index in [1.807, 2.05) is 12.1 Å². The van der Waals surface area contributed by atoms with Gasteiger partial charge in [-0.25, -0.2) is 4.39 Å². The van der Waals surface area contributed by atoms with Gasteiger partial charge in [-0.1, -0.05) is 30.3 Å². The van der Waals surface area contributed by atoms with Crippen molar-refractivity contribution in [2.75, 3.05) is 0 Å². The van der Waals surface area contributed by atoms with Gasteiger partial charge < -0.3 is 9.84 Å². The van der Waals surface area contributed by atoms with Crippen molar-refractivity contribution in [1.29, 1.82) is 0 Å². The molecule has 0 radical (unpaired) electrons. The molecule has 0 amide bonds. The zero-order valence-electron chi connectivity index (χ0n) is 17.7. The number of aryl methyl sites for hydroxylation is 1. The molecule has 1 aliphatic heterocycles. The molecule has 0 bridgehead atoms. The smallest absolute Gasteiger partial charge is 0.123 e. The molecule has 3 aromatic rings. The van der Waals surface area contributed by atoms with Crippen LogP contribution in [0.25, 0.3) is 10.4 Å². The van der Waals surface area contributed by atoms with Crippen molar-refractivity contribution in [2.24, 2.45) is 5.41 Å². The summed E-state index contributed by atoms with van der Waals surface area (Å²) in [5.74, 6) is -0.202. The van der Waals surface area contributed by atoms with Gasteiger partial charge in [-0.2, -0.15) is 0 Å². The van der Waals surface area contributed by atoms with E-state index in [1.54, 1.807) is 11.3 Å². The third-order valence-electron chi connectivity index (χ3n) is 7.51. The molecule has 1 saturated heterocycles. The summed E-state index contributed by atoms with van der Waals surface area (Å²) in [7, 11) is 0. The molecular formula is C27H27FO2S. The molecule has 1 N–H and O–H groups in total. The van der Waals surface area contributed by atoms with E-state index in [1.165, 1.54) is 51.4 Å². The highest BCUT2D eigenvalue weighted by Gasteiger charge is 2.65. The van der Waals surface area contributed by atoms with E-state index in [2.05, 4.69) is 37.3 Å². The number of hydrogen-bond donors (Lipinski definition) is 1. The summed E-state index contributed by atoms with van der Waals surface area (Å²) in [6.45, 7) is 2.17. The second-order valence-corrected chi connectivity index (χ2v) is 11.1. The molecule has 2 spiro atoms. The average Bonchev–Trinajstić information content (AvgIpc) is 3.56. The summed E-state index contributed by atoms with van der Waals surface area (Å²) in [4.78, 5) is 2.47. The minimum Gasteiger partial charge on any atom is -0.390 e. The topological polar surface area (TPSA) is 29.5 Å². The molecule has 2 aromatic carbocycles. The normalized spacial score (nSPS) is 28.2. The molecule has 31 heavy (non-hydrogen) atoms. The Morgan fingerprint density at radius 2 is 1.84 bits per heavy atom. The van der Waals surface area contributed by atoms with Gasteiger partial charge in [0.2, 0.25) is 0 Å². The number of ether oxygens (including phenoxy) is 1. The first kappa shape index (κ1) is 19.7. The van der Waals surface area contributed by atoms with Gasteiger partial charge in [0.05, 0.1) is 17.8 Å². The van der Waals surface area contributed by atoms with Crippen LogP contribution in [0.5, 0.6) is 0 Å². The maximum absolute atomic E-state index is 13.2. The highest BCUT2D eigenvalue weighted by molar-refractivity contribution is 7.15. The first-order valence-corrected chi connectivity index (χ1v) is 12.1. The Kier molecular flexibility index (Phi) is 4.44. The van der Waals surface area contributed by atoms with E-state index in [4.69, 9.17) is 4.74 Å². The van der Waals surface area contributed by atoms with Crippen LogP contribution in [-0.2, 0) is 11.2 Å². The monoisotopic (exact) mass is 434 g/mol. The summed E-state index contributed by atoms with van der Waals surface area (Å²) in [5, 5.41) is 10.2. The lowest BCUT2D eigenvalue weighted by atomic mass is 9.84. The molecule has 160 valence electrons. The van der Waals surface area contributed by atoms with Gasteiger partial charge in [-0.15, -0.1) is 11.3 Å². The number of rotatable bonds is 4. The Labute approximate surface area is 186 Å². The molecule has 3 aliphatic rings. The van der Waals surface area contributed by atoms with E-state index >= 15 is 0 Å². The highest BCUT2D eigenvalue weighted by atomic mass is 32.1. The number of aliphatic hydroxyl groups is 1. The van der Waals surface area contributed by atoms with Crippen LogP contribution >= 0.6 is 11.3 Å². The quantitative estimate of drug-likeness (QED) is 0.502. The lowest BCUT2D eigenvalue weighted by molar-refractivity contribution is -0.115. The van der Waals surface area contributed by atoms with Gasteiger partial charge in [0, 0.05) is 22.6 Å². The van der Waals surface area contributed by atoms with Crippen LogP contribution in [-0.4, -0.2) is 16.8 Å². The second-order valence-electron chi connectivity index (χ2n) is 9.91. The van der Waals surface area contributed by atoms with Crippen molar-refractivity contribution in [3.8, 4) is 10.4 Å². The van der Waals surface area contributed by atoms with Crippen LogP contribution in [0.15, 0.2) is 54.6 Å². The number of hydrogen-bond acceptors (Lipinski definition) is 3. The molecule has 6 rings (SSSR count). The van der Waals surface area contributed by atoms with Crippen molar-refractivity contribution in [3.05, 3.63) is 82.0 Å². The molecule has 3 atom stereocenters. The fourth-order valence-electron chi connectivity index (χ4n) is 5.31. The zero-order valence-corrected chi connectivity index (χ0v) is 18.6. The van der Waals surface area contributed by atoms with Crippen LogP contribution < -0.4 is 0 Å². The van der Waals surface area contributed by atoms with Crippen LogP contribution in [0, 0.1) is 18.2 Å². The lowest BCUT2D eigenvalue weighted by Crippen LogP contribution is -2.33. The fraction of sp³-hybridized carbons (Fsp3) is 0.407. The summed E-state index contributed by atoms with van der Waals surface area (Å²) >= 11 is 1.77. The van der Waals surface area contributed by atoms with Crippen molar-refractivity contribution in [1.82, 2.24) is 0 Å². The number of halogens is 1. The van der Waals surface area contributed by atoms with Crippen molar-refractivity contribution in [3.63, 3.8) is 0 Å². The largest absolute Gasteiger partial charge is 0.390 e. The van der Waals surface area contributed by atoms with Gasteiger partial charge >= 0.3 is 0 Å². The molecule has 1 aromatic heterocycles. The predicted molar refractivity (Wildman–Crippen MR) is 122 cm³/mol. The summed E-state index contributed by atoms with van der Waals surface area (Å²) in [6, 6.07) is 17.8. The molecule has 2 aliphatic carbocycles. The van der Waals surface area contributed by atoms with Crippen LogP contribution in [0.2, 0.25) is 0 Å². The number of thiophene rings is 1. The standard InChI is InChI=1S/C27H27FO2S/c1-17-2-3-19(23-14-26(10-11-26)16-27(30-23)15-25(27)29)12-20(17)13-22-8-9-24(31-22)18-4-6-21(28)7-5-18/h2-9,12,23,25,29H,10-11,13-16H2,1H3/t23-,25-,27?/m1/s1. The summed E-state index contributed by atoms with van der Waals surface area (Å²) < 4.78 is 19.7. The van der Waals surface area contributed by atoms with E-state index in [-0.39, 0.29) is 23.6 Å². The first-order valence-electron chi connectivity index (χ1n) is 11.2. The minimum atomic E-state index is -0.284. The SMILES string of the molecule is Cc1ccc([C@H]2CC3(CC3)CC3(C[C@H]3O)O2)cc1Cc1ccc(-c2ccc(F)cc2)s1. The molecule has 2 saturated carbocycles. The van der Waals surface area contributed by atoms with E-state index in [0.717, 1.165) is 31.2 Å². The van der Waals surface area contributed by atoms with Gasteiger partial charge in [0.1, 0.15) is 5.82 Å². The molecular weight excluding hydrogens is 407 g/mol. The van der Waals surface area contributed by atoms with Crippen LogP contribution in [0.4, 0.5) is 4.39 Å². The third kappa shape index (κ3) is 3.65. The maximum Gasteiger partial charge on any atom is 0.123 e.